The maximum absolute atomic E-state index is 6.71. The van der Waals surface area contributed by atoms with Crippen LogP contribution >= 0.6 is 0 Å². The van der Waals surface area contributed by atoms with Crippen LogP contribution in [0.25, 0.3) is 0 Å². The van der Waals surface area contributed by atoms with Gasteiger partial charge in [0.1, 0.15) is 17.5 Å². The van der Waals surface area contributed by atoms with Crippen molar-refractivity contribution in [2.75, 3.05) is 13.7 Å². The zero-order valence-corrected chi connectivity index (χ0v) is 28.9. The minimum Gasteiger partial charge on any atom is -0.489 e. The van der Waals surface area contributed by atoms with E-state index in [9.17, 15) is 0 Å². The Balaban J connectivity index is 1.93. The molecule has 5 heteroatoms. The minimum absolute atomic E-state index is 0.00973. The van der Waals surface area contributed by atoms with Gasteiger partial charge in [0, 0.05) is 25.4 Å². The Bertz CT molecular complexity index is 1020. The van der Waals surface area contributed by atoms with Crippen LogP contribution in [-0.4, -0.2) is 47.7 Å². The van der Waals surface area contributed by atoms with Crippen LogP contribution in [-0.2, 0) is 14.2 Å². The lowest BCUT2D eigenvalue weighted by molar-refractivity contribution is -0.174. The highest BCUT2D eigenvalue weighted by Crippen LogP contribution is 2.43. The van der Waals surface area contributed by atoms with Gasteiger partial charge in [-0.2, -0.15) is 0 Å². The van der Waals surface area contributed by atoms with Gasteiger partial charge in [-0.05, 0) is 110 Å². The Labute approximate surface area is 252 Å². The quantitative estimate of drug-likeness (QED) is 0.209. The summed E-state index contributed by atoms with van der Waals surface area (Å²) in [6.07, 6.45) is 8.11. The van der Waals surface area contributed by atoms with E-state index in [1.807, 2.05) is 12.1 Å². The van der Waals surface area contributed by atoms with Crippen LogP contribution in [0.5, 0.6) is 5.75 Å². The molecule has 1 heterocycles. The summed E-state index contributed by atoms with van der Waals surface area (Å²) < 4.78 is 24.5. The van der Waals surface area contributed by atoms with Crippen molar-refractivity contribution < 1.29 is 18.9 Å². The molecule has 0 aliphatic heterocycles. The van der Waals surface area contributed by atoms with E-state index in [2.05, 4.69) is 107 Å². The number of aromatic nitrogens is 1. The lowest BCUT2D eigenvalue weighted by Gasteiger charge is -2.47. The predicted molar refractivity (Wildman–Crippen MR) is 170 cm³/mol. The van der Waals surface area contributed by atoms with E-state index >= 15 is 0 Å². The van der Waals surface area contributed by atoms with E-state index in [4.69, 9.17) is 18.9 Å². The molecule has 0 aromatic carbocycles. The molecule has 1 unspecified atom stereocenters. The molecule has 0 saturated heterocycles. The van der Waals surface area contributed by atoms with Gasteiger partial charge >= 0.3 is 0 Å². The number of nitrogens with zero attached hydrogens (tertiary/aromatic N) is 1. The molecule has 1 saturated carbocycles. The minimum atomic E-state index is -0.242. The molecule has 1 aromatic heterocycles. The Morgan fingerprint density at radius 2 is 1.51 bits per heavy atom. The molecule has 0 N–H and O–H groups in total. The summed E-state index contributed by atoms with van der Waals surface area (Å²) in [5, 5.41) is 0. The number of hydrogen-bond donors (Lipinski definition) is 0. The van der Waals surface area contributed by atoms with Crippen LogP contribution < -0.4 is 4.74 Å². The van der Waals surface area contributed by atoms with Gasteiger partial charge in [-0.25, -0.2) is 4.98 Å². The summed E-state index contributed by atoms with van der Waals surface area (Å²) in [4.78, 5) is 4.52. The smallest absolute Gasteiger partial charge is 0.138 e. The molecule has 1 aliphatic carbocycles. The van der Waals surface area contributed by atoms with E-state index in [1.54, 1.807) is 13.3 Å². The summed E-state index contributed by atoms with van der Waals surface area (Å²) in [5.41, 5.74) is -0.0218. The van der Waals surface area contributed by atoms with Gasteiger partial charge in [0.05, 0.1) is 35.7 Å². The molecule has 1 fully saturated rings. The first-order valence-corrected chi connectivity index (χ1v) is 15.6. The average molecular weight is 572 g/mol. The second-order valence-electron chi connectivity index (χ2n) is 16.1. The highest BCUT2D eigenvalue weighted by molar-refractivity contribution is 5.32. The average Bonchev–Trinajstić information content (AvgIpc) is 2.81. The molecule has 0 amide bonds. The van der Waals surface area contributed by atoms with Crippen LogP contribution in [0.4, 0.5) is 0 Å². The molecule has 234 valence electrons. The molecular weight excluding hydrogens is 510 g/mol. The summed E-state index contributed by atoms with van der Waals surface area (Å²) in [5.74, 6) is 7.56. The third-order valence-electron chi connectivity index (χ3n) is 8.90. The third kappa shape index (κ3) is 11.5. The van der Waals surface area contributed by atoms with Crippen molar-refractivity contribution in [1.82, 2.24) is 4.98 Å². The lowest BCUT2D eigenvalue weighted by atomic mass is 9.71. The molecule has 0 spiro atoms. The van der Waals surface area contributed by atoms with Gasteiger partial charge in [0.25, 0.3) is 0 Å². The van der Waals surface area contributed by atoms with Crippen molar-refractivity contribution in [2.45, 2.75) is 158 Å². The lowest BCUT2D eigenvalue weighted by Crippen LogP contribution is -2.47. The predicted octanol–water partition coefficient (Wildman–Crippen LogP) is 9.02. The van der Waals surface area contributed by atoms with E-state index < -0.39 is 0 Å². The summed E-state index contributed by atoms with van der Waals surface area (Å²) >= 11 is 0. The number of pyridine rings is 1. The first-order chi connectivity index (χ1) is 18.6. The molecule has 1 aromatic rings. The number of hydrogen-bond acceptors (Lipinski definition) is 5. The summed E-state index contributed by atoms with van der Waals surface area (Å²) in [6, 6.07) is 3.91. The van der Waals surface area contributed by atoms with Crippen molar-refractivity contribution in [1.29, 1.82) is 0 Å². The second-order valence-corrected chi connectivity index (χ2v) is 16.1. The molecule has 1 atom stereocenters. The fraction of sp³-hybridized carbons (Fsp3) is 0.806. The molecule has 0 radical (unpaired) electrons. The van der Waals surface area contributed by atoms with Crippen LogP contribution in [0, 0.1) is 28.1 Å². The normalized spacial score (nSPS) is 20.0. The van der Waals surface area contributed by atoms with Crippen molar-refractivity contribution in [3.8, 4) is 17.6 Å². The van der Waals surface area contributed by atoms with Crippen LogP contribution in [0.2, 0.25) is 0 Å². The Morgan fingerprint density at radius 3 is 2.02 bits per heavy atom. The van der Waals surface area contributed by atoms with Gasteiger partial charge < -0.3 is 18.9 Å². The van der Waals surface area contributed by atoms with Gasteiger partial charge in [-0.15, -0.1) is 0 Å². The van der Waals surface area contributed by atoms with Crippen LogP contribution in [0.1, 0.15) is 134 Å². The van der Waals surface area contributed by atoms with E-state index in [1.165, 1.54) is 0 Å². The van der Waals surface area contributed by atoms with E-state index in [0.29, 0.717) is 12.7 Å². The molecule has 1 aliphatic rings. The number of methoxy groups -OCH3 is 1. The fourth-order valence-corrected chi connectivity index (χ4v) is 5.55. The van der Waals surface area contributed by atoms with Gasteiger partial charge in [-0.1, -0.05) is 40.5 Å². The van der Waals surface area contributed by atoms with Crippen LogP contribution in [0.15, 0.2) is 18.3 Å². The van der Waals surface area contributed by atoms with Gasteiger partial charge in [-0.3, -0.25) is 0 Å². The van der Waals surface area contributed by atoms with Gasteiger partial charge in [0.15, 0.2) is 0 Å². The maximum Gasteiger partial charge on any atom is 0.138 e. The maximum atomic E-state index is 6.71. The van der Waals surface area contributed by atoms with E-state index in [-0.39, 0.29) is 39.2 Å². The first kappa shape index (κ1) is 35.6. The standard InChI is InChI=1S/C36H61NO4/c1-15-36(13,21-20-34(9,10)35(11,12)41-31(2,3)4)39-26-33(7,8)25-32(5,6)19-18-27-16-17-28(24-37-27)40-30-22-29(23-30)38-14/h16-17,24,29-30H,15,20-23,25-26H2,1-14H3. The van der Waals surface area contributed by atoms with E-state index in [0.717, 1.165) is 50.0 Å². The summed E-state index contributed by atoms with van der Waals surface area (Å²) in [6.45, 7) is 29.7. The fourth-order valence-electron chi connectivity index (χ4n) is 5.55. The van der Waals surface area contributed by atoms with Crippen LogP contribution in [0.3, 0.4) is 0 Å². The Kier molecular flexibility index (Phi) is 11.6. The molecule has 2 rings (SSSR count). The van der Waals surface area contributed by atoms with Crippen molar-refractivity contribution in [3.05, 3.63) is 24.0 Å². The first-order valence-electron chi connectivity index (χ1n) is 15.6. The third-order valence-corrected chi connectivity index (χ3v) is 8.90. The zero-order valence-electron chi connectivity index (χ0n) is 28.9. The van der Waals surface area contributed by atoms with Gasteiger partial charge in [0.2, 0.25) is 0 Å². The Morgan fingerprint density at radius 1 is 0.878 bits per heavy atom. The SMILES string of the molecule is CCC(C)(CCC(C)(C)C(C)(C)OC(C)(C)C)OCC(C)(C)CC(C)(C)C#Cc1ccc(OC2CC(OC)C2)cn1. The zero-order chi connectivity index (χ0) is 31.3. The highest BCUT2D eigenvalue weighted by atomic mass is 16.5. The highest BCUT2D eigenvalue weighted by Gasteiger charge is 2.42. The second kappa shape index (κ2) is 13.4. The van der Waals surface area contributed by atoms with Crippen molar-refractivity contribution >= 4 is 0 Å². The molecule has 41 heavy (non-hydrogen) atoms. The molecular formula is C36H61NO4. The summed E-state index contributed by atoms with van der Waals surface area (Å²) in [7, 11) is 1.75. The topological polar surface area (TPSA) is 49.8 Å². The number of ether oxygens (including phenoxy) is 4. The largest absolute Gasteiger partial charge is 0.489 e. The molecule has 0 bridgehead atoms. The van der Waals surface area contributed by atoms with Crippen molar-refractivity contribution in [3.63, 3.8) is 0 Å². The Hall–Kier alpha value is -1.61. The van der Waals surface area contributed by atoms with Crippen molar-refractivity contribution in [2.24, 2.45) is 16.2 Å². The number of rotatable bonds is 14. The monoisotopic (exact) mass is 571 g/mol. The molecule has 5 nitrogen and oxygen atoms in total.